The first kappa shape index (κ1) is 16.4. The molecule has 1 aromatic heterocycles. The summed E-state index contributed by atoms with van der Waals surface area (Å²) in [4.78, 5) is 27.5. The Hall–Kier alpha value is -2.51. The second-order valence-electron chi connectivity index (χ2n) is 4.78. The van der Waals surface area contributed by atoms with Crippen LogP contribution >= 0.6 is 23.4 Å². The third kappa shape index (κ3) is 3.69. The van der Waals surface area contributed by atoms with Gasteiger partial charge >= 0.3 is 5.97 Å². The minimum absolute atomic E-state index is 0.0262. The normalized spacial score (nSPS) is 10.7. The van der Waals surface area contributed by atoms with E-state index < -0.39 is 5.97 Å². The van der Waals surface area contributed by atoms with Gasteiger partial charge in [0, 0.05) is 5.02 Å². The topological polar surface area (TPSA) is 92.4 Å². The van der Waals surface area contributed by atoms with Gasteiger partial charge in [-0.25, -0.2) is 9.78 Å². The van der Waals surface area contributed by atoms with Gasteiger partial charge in [-0.05, 0) is 30.3 Å². The Morgan fingerprint density at radius 1 is 1.25 bits per heavy atom. The molecule has 0 bridgehead atoms. The molecule has 0 radical (unpaired) electrons. The molecule has 2 aromatic carbocycles. The number of anilines is 1. The summed E-state index contributed by atoms with van der Waals surface area (Å²) in [5, 5.41) is 12.4. The van der Waals surface area contributed by atoms with Crippen molar-refractivity contribution in [3.05, 3.63) is 53.1 Å². The van der Waals surface area contributed by atoms with E-state index >= 15 is 0 Å². The van der Waals surface area contributed by atoms with Crippen LogP contribution in [0.2, 0.25) is 5.02 Å². The van der Waals surface area contributed by atoms with Gasteiger partial charge in [0.05, 0.1) is 17.0 Å². The summed E-state index contributed by atoms with van der Waals surface area (Å²) in [5.74, 6) is -1.50. The van der Waals surface area contributed by atoms with Crippen molar-refractivity contribution in [2.24, 2.45) is 0 Å². The molecule has 3 aromatic rings. The van der Waals surface area contributed by atoms with E-state index in [1.54, 1.807) is 6.07 Å². The standard InChI is InChI=1S/C16H11ClN2O4S/c17-9-5-6-10(15(21)22)12(7-9)18-14(20)8-24-16-19-11-3-1-2-4-13(11)23-16/h1-7H,8H2,(H,18,20)(H,21,22). The lowest BCUT2D eigenvalue weighted by Crippen LogP contribution is -2.16. The largest absolute Gasteiger partial charge is 0.478 e. The molecular weight excluding hydrogens is 352 g/mol. The number of aromatic carboxylic acids is 1. The predicted octanol–water partition coefficient (Wildman–Crippen LogP) is 3.91. The zero-order chi connectivity index (χ0) is 17.1. The lowest BCUT2D eigenvalue weighted by molar-refractivity contribution is -0.113. The number of carboxylic acid groups (broad SMARTS) is 1. The average molecular weight is 363 g/mol. The van der Waals surface area contributed by atoms with Gasteiger partial charge in [-0.15, -0.1) is 0 Å². The van der Waals surface area contributed by atoms with E-state index in [-0.39, 0.29) is 22.9 Å². The van der Waals surface area contributed by atoms with E-state index in [4.69, 9.17) is 21.1 Å². The SMILES string of the molecule is O=C(CSc1nc2ccccc2o1)Nc1cc(Cl)ccc1C(=O)O. The number of aromatic nitrogens is 1. The molecule has 122 valence electrons. The highest BCUT2D eigenvalue weighted by molar-refractivity contribution is 7.99. The molecule has 0 fully saturated rings. The van der Waals surface area contributed by atoms with Crippen LogP contribution in [0, 0.1) is 0 Å². The number of hydrogen-bond acceptors (Lipinski definition) is 5. The molecule has 1 amide bonds. The number of hydrogen-bond donors (Lipinski definition) is 2. The van der Waals surface area contributed by atoms with E-state index in [2.05, 4.69) is 10.3 Å². The molecule has 6 nitrogen and oxygen atoms in total. The number of carbonyl (C=O) groups excluding carboxylic acids is 1. The molecule has 1 heterocycles. The predicted molar refractivity (Wildman–Crippen MR) is 91.8 cm³/mol. The number of nitrogens with zero attached hydrogens (tertiary/aromatic N) is 1. The van der Waals surface area contributed by atoms with Crippen LogP contribution in [0.1, 0.15) is 10.4 Å². The summed E-state index contributed by atoms with van der Waals surface area (Å²) in [5.41, 5.74) is 1.48. The zero-order valence-corrected chi connectivity index (χ0v) is 13.7. The maximum absolute atomic E-state index is 12.0. The van der Waals surface area contributed by atoms with Crippen LogP contribution in [-0.4, -0.2) is 27.7 Å². The van der Waals surface area contributed by atoms with Gasteiger partial charge in [0.15, 0.2) is 5.58 Å². The lowest BCUT2D eigenvalue weighted by atomic mass is 10.2. The first-order valence-electron chi connectivity index (χ1n) is 6.84. The van der Waals surface area contributed by atoms with Gasteiger partial charge in [-0.3, -0.25) is 4.79 Å². The zero-order valence-electron chi connectivity index (χ0n) is 12.2. The van der Waals surface area contributed by atoms with Crippen molar-refractivity contribution >= 4 is 52.0 Å². The Labute approximate surface area is 145 Å². The maximum atomic E-state index is 12.0. The van der Waals surface area contributed by atoms with Gasteiger partial charge in [0.25, 0.3) is 5.22 Å². The molecule has 0 unspecified atom stereocenters. The summed E-state index contributed by atoms with van der Waals surface area (Å²) in [7, 11) is 0. The Bertz CT molecular complexity index is 892. The molecule has 0 aliphatic carbocycles. The van der Waals surface area contributed by atoms with E-state index in [1.807, 2.05) is 18.2 Å². The van der Waals surface area contributed by atoms with Gasteiger partial charge in [-0.1, -0.05) is 35.5 Å². The first-order valence-corrected chi connectivity index (χ1v) is 8.20. The number of rotatable bonds is 5. The molecule has 0 spiro atoms. The highest BCUT2D eigenvalue weighted by atomic mass is 35.5. The van der Waals surface area contributed by atoms with Gasteiger partial charge in [-0.2, -0.15) is 0 Å². The van der Waals surface area contributed by atoms with Crippen LogP contribution in [0.3, 0.4) is 0 Å². The van der Waals surface area contributed by atoms with Crippen molar-refractivity contribution < 1.29 is 19.1 Å². The van der Waals surface area contributed by atoms with Gasteiger partial charge in [0.1, 0.15) is 5.52 Å². The molecule has 0 saturated heterocycles. The molecule has 0 saturated carbocycles. The quantitative estimate of drug-likeness (QED) is 0.668. The molecule has 8 heteroatoms. The smallest absolute Gasteiger partial charge is 0.337 e. The summed E-state index contributed by atoms with van der Waals surface area (Å²) in [6.07, 6.45) is 0. The van der Waals surface area contributed by atoms with E-state index in [9.17, 15) is 9.59 Å². The number of amides is 1. The van der Waals surface area contributed by atoms with Crippen LogP contribution in [0.25, 0.3) is 11.1 Å². The molecule has 0 aliphatic heterocycles. The van der Waals surface area contributed by atoms with Crippen LogP contribution in [-0.2, 0) is 4.79 Å². The molecular formula is C16H11ClN2O4S. The highest BCUT2D eigenvalue weighted by Crippen LogP contribution is 2.24. The number of nitrogens with one attached hydrogen (secondary N) is 1. The minimum atomic E-state index is -1.14. The fraction of sp³-hybridized carbons (Fsp3) is 0.0625. The highest BCUT2D eigenvalue weighted by Gasteiger charge is 2.14. The molecule has 2 N–H and O–H groups in total. The Morgan fingerprint density at radius 2 is 2.04 bits per heavy atom. The summed E-state index contributed by atoms with van der Waals surface area (Å²) < 4.78 is 5.51. The molecule has 0 aliphatic rings. The number of benzene rings is 2. The number of para-hydroxylation sites is 2. The van der Waals surface area contributed by atoms with Crippen molar-refractivity contribution in [1.29, 1.82) is 0 Å². The van der Waals surface area contributed by atoms with Crippen LogP contribution < -0.4 is 5.32 Å². The number of halogens is 1. The van der Waals surface area contributed by atoms with E-state index in [0.29, 0.717) is 21.3 Å². The van der Waals surface area contributed by atoms with Crippen molar-refractivity contribution in [2.75, 3.05) is 11.1 Å². The second kappa shape index (κ2) is 6.94. The van der Waals surface area contributed by atoms with Gasteiger partial charge < -0.3 is 14.8 Å². The molecule has 0 atom stereocenters. The van der Waals surface area contributed by atoms with Crippen molar-refractivity contribution in [3.8, 4) is 0 Å². The van der Waals surface area contributed by atoms with Crippen LogP contribution in [0.15, 0.2) is 52.1 Å². The first-order chi connectivity index (χ1) is 11.5. The van der Waals surface area contributed by atoms with Crippen molar-refractivity contribution in [1.82, 2.24) is 4.98 Å². The van der Waals surface area contributed by atoms with Crippen LogP contribution in [0.5, 0.6) is 0 Å². The number of carboxylic acids is 1. The fourth-order valence-corrected chi connectivity index (χ4v) is 2.84. The maximum Gasteiger partial charge on any atom is 0.337 e. The third-order valence-electron chi connectivity index (χ3n) is 3.09. The fourth-order valence-electron chi connectivity index (χ4n) is 2.03. The molecule has 24 heavy (non-hydrogen) atoms. The average Bonchev–Trinajstić information content (AvgIpc) is 2.95. The number of oxazole rings is 1. The Balaban J connectivity index is 1.67. The lowest BCUT2D eigenvalue weighted by Gasteiger charge is -2.08. The Kier molecular flexibility index (Phi) is 4.73. The van der Waals surface area contributed by atoms with Crippen molar-refractivity contribution in [3.63, 3.8) is 0 Å². The summed E-state index contributed by atoms with van der Waals surface area (Å²) in [6, 6.07) is 11.5. The number of fused-ring (bicyclic) bond motifs is 1. The van der Waals surface area contributed by atoms with Crippen LogP contribution in [0.4, 0.5) is 5.69 Å². The second-order valence-corrected chi connectivity index (χ2v) is 6.14. The van der Waals surface area contributed by atoms with E-state index in [0.717, 1.165) is 11.8 Å². The third-order valence-corrected chi connectivity index (χ3v) is 4.15. The summed E-state index contributed by atoms with van der Waals surface area (Å²) >= 11 is 6.97. The van der Waals surface area contributed by atoms with Gasteiger partial charge in [0.2, 0.25) is 5.91 Å². The van der Waals surface area contributed by atoms with Crippen molar-refractivity contribution in [2.45, 2.75) is 5.22 Å². The number of carbonyl (C=O) groups is 2. The van der Waals surface area contributed by atoms with E-state index in [1.165, 1.54) is 18.2 Å². The number of thioether (sulfide) groups is 1. The monoisotopic (exact) mass is 362 g/mol. The molecule has 3 rings (SSSR count). The summed E-state index contributed by atoms with van der Waals surface area (Å²) in [6.45, 7) is 0. The minimum Gasteiger partial charge on any atom is -0.478 e. The Morgan fingerprint density at radius 3 is 2.79 bits per heavy atom.